The Morgan fingerprint density at radius 3 is 2.17 bits per heavy atom. The first kappa shape index (κ1) is 19.2. The molecule has 0 atom stereocenters. The molecule has 0 aliphatic rings. The summed E-state index contributed by atoms with van der Waals surface area (Å²) in [5.74, 6) is 0.393. The first-order valence-electron chi connectivity index (χ1n) is 9.44. The van der Waals surface area contributed by atoms with Gasteiger partial charge in [0.15, 0.2) is 0 Å². The molecule has 0 radical (unpaired) electrons. The molecule has 0 N–H and O–H groups in total. The lowest BCUT2D eigenvalue weighted by molar-refractivity contribution is -0.127. The average Bonchev–Trinajstić information content (AvgIpc) is 2.78. The third-order valence-corrected chi connectivity index (χ3v) is 5.69. The number of nitrogens with zero attached hydrogens (tertiary/aromatic N) is 3. The van der Waals surface area contributed by atoms with E-state index in [0.29, 0.717) is 12.3 Å². The number of hydrogen-bond acceptors (Lipinski definition) is 4. The molecule has 0 fully saturated rings. The highest BCUT2D eigenvalue weighted by Gasteiger charge is 2.14. The molecule has 1 amide bonds. The topological polar surface area (TPSA) is 46.1 Å². The van der Waals surface area contributed by atoms with Crippen molar-refractivity contribution in [3.63, 3.8) is 0 Å². The smallest absolute Gasteiger partial charge is 0.233 e. The Bertz CT molecular complexity index is 1120. The number of carbonyl (C=O) groups excluding carboxylic acids is 1. The van der Waals surface area contributed by atoms with Crippen molar-refractivity contribution in [2.75, 3.05) is 12.8 Å². The summed E-state index contributed by atoms with van der Waals surface area (Å²) in [5.41, 5.74) is 3.01. The van der Waals surface area contributed by atoms with E-state index >= 15 is 0 Å². The minimum Gasteiger partial charge on any atom is -0.341 e. The van der Waals surface area contributed by atoms with Crippen molar-refractivity contribution in [1.82, 2.24) is 15.1 Å². The van der Waals surface area contributed by atoms with E-state index in [1.54, 1.807) is 4.90 Å². The second kappa shape index (κ2) is 8.88. The van der Waals surface area contributed by atoms with E-state index in [-0.39, 0.29) is 5.91 Å². The van der Waals surface area contributed by atoms with Crippen molar-refractivity contribution >= 4 is 28.4 Å². The van der Waals surface area contributed by atoms with Gasteiger partial charge in [0.25, 0.3) is 0 Å². The third kappa shape index (κ3) is 4.46. The standard InChI is InChI=1S/C24H21N3OS/c1-27(16-18-10-4-2-5-11-18)22(28)17-29-24-21-15-9-8-14-20(21)23(25-26-24)19-12-6-3-7-13-19/h2-15H,16-17H2,1H3. The van der Waals surface area contributed by atoms with Crippen LogP contribution in [0.2, 0.25) is 0 Å². The molecule has 4 aromatic rings. The van der Waals surface area contributed by atoms with Crippen molar-refractivity contribution < 1.29 is 4.79 Å². The van der Waals surface area contributed by atoms with Gasteiger partial charge in [0.05, 0.1) is 5.75 Å². The summed E-state index contributed by atoms with van der Waals surface area (Å²) in [6.45, 7) is 0.597. The molecule has 1 aromatic heterocycles. The van der Waals surface area contributed by atoms with Crippen LogP contribution < -0.4 is 0 Å². The van der Waals surface area contributed by atoms with E-state index in [9.17, 15) is 4.79 Å². The maximum Gasteiger partial charge on any atom is 0.233 e. The Morgan fingerprint density at radius 2 is 1.45 bits per heavy atom. The molecule has 0 saturated heterocycles. The molecule has 0 aliphatic carbocycles. The van der Waals surface area contributed by atoms with Gasteiger partial charge in [-0.1, -0.05) is 96.7 Å². The summed E-state index contributed by atoms with van der Waals surface area (Å²) in [6.07, 6.45) is 0. The first-order valence-corrected chi connectivity index (χ1v) is 10.4. The molecule has 0 aliphatic heterocycles. The minimum absolute atomic E-state index is 0.0665. The van der Waals surface area contributed by atoms with Gasteiger partial charge in [-0.3, -0.25) is 4.79 Å². The van der Waals surface area contributed by atoms with E-state index in [1.165, 1.54) is 11.8 Å². The van der Waals surface area contributed by atoms with Crippen LogP contribution in [0.3, 0.4) is 0 Å². The van der Waals surface area contributed by atoms with Gasteiger partial charge in [-0.05, 0) is 5.56 Å². The summed E-state index contributed by atoms with van der Waals surface area (Å²) in [4.78, 5) is 14.3. The Labute approximate surface area is 174 Å². The number of thioether (sulfide) groups is 1. The number of rotatable bonds is 6. The first-order chi connectivity index (χ1) is 14.2. The van der Waals surface area contributed by atoms with E-state index in [4.69, 9.17) is 0 Å². The minimum atomic E-state index is 0.0665. The van der Waals surface area contributed by atoms with E-state index in [2.05, 4.69) is 16.3 Å². The Hall–Kier alpha value is -3.18. The number of benzene rings is 3. The average molecular weight is 400 g/mol. The highest BCUT2D eigenvalue weighted by atomic mass is 32.2. The zero-order valence-electron chi connectivity index (χ0n) is 16.2. The van der Waals surface area contributed by atoms with Gasteiger partial charge < -0.3 is 4.90 Å². The van der Waals surface area contributed by atoms with Crippen molar-refractivity contribution in [3.05, 3.63) is 90.5 Å². The number of amides is 1. The van der Waals surface area contributed by atoms with Gasteiger partial charge >= 0.3 is 0 Å². The zero-order chi connectivity index (χ0) is 20.1. The van der Waals surface area contributed by atoms with Gasteiger partial charge in [-0.15, -0.1) is 10.2 Å². The molecule has 29 heavy (non-hydrogen) atoms. The van der Waals surface area contributed by atoms with Crippen LogP contribution in [0.25, 0.3) is 22.0 Å². The monoisotopic (exact) mass is 399 g/mol. The Kier molecular flexibility index (Phi) is 5.86. The van der Waals surface area contributed by atoms with Crippen LogP contribution in [0.1, 0.15) is 5.56 Å². The summed E-state index contributed by atoms with van der Waals surface area (Å²) in [5, 5.41) is 11.8. The van der Waals surface area contributed by atoms with E-state index in [1.807, 2.05) is 85.9 Å². The predicted molar refractivity (Wildman–Crippen MR) is 119 cm³/mol. The lowest BCUT2D eigenvalue weighted by Gasteiger charge is -2.17. The van der Waals surface area contributed by atoms with Crippen LogP contribution in [0.4, 0.5) is 0 Å². The summed E-state index contributed by atoms with van der Waals surface area (Å²) < 4.78 is 0. The fraction of sp³-hybridized carbons (Fsp3) is 0.125. The molecule has 0 bridgehead atoms. The number of hydrogen-bond donors (Lipinski definition) is 0. The van der Waals surface area contributed by atoms with Gasteiger partial charge in [0, 0.05) is 29.9 Å². The zero-order valence-corrected chi connectivity index (χ0v) is 17.0. The van der Waals surface area contributed by atoms with Crippen molar-refractivity contribution in [2.45, 2.75) is 11.6 Å². The van der Waals surface area contributed by atoms with Crippen molar-refractivity contribution in [1.29, 1.82) is 0 Å². The molecule has 5 heteroatoms. The second-order valence-electron chi connectivity index (χ2n) is 6.79. The fourth-order valence-electron chi connectivity index (χ4n) is 3.18. The van der Waals surface area contributed by atoms with Crippen LogP contribution in [-0.4, -0.2) is 33.8 Å². The molecular weight excluding hydrogens is 378 g/mol. The van der Waals surface area contributed by atoms with Gasteiger partial charge in [-0.25, -0.2) is 0 Å². The molecule has 4 nitrogen and oxygen atoms in total. The van der Waals surface area contributed by atoms with Crippen LogP contribution >= 0.6 is 11.8 Å². The van der Waals surface area contributed by atoms with Gasteiger partial charge in [-0.2, -0.15) is 0 Å². The van der Waals surface area contributed by atoms with Crippen molar-refractivity contribution in [3.8, 4) is 11.3 Å². The lowest BCUT2D eigenvalue weighted by Crippen LogP contribution is -2.27. The molecule has 0 unspecified atom stereocenters. The quantitative estimate of drug-likeness (QED) is 0.426. The van der Waals surface area contributed by atoms with Crippen LogP contribution in [0, 0.1) is 0 Å². The maximum absolute atomic E-state index is 12.6. The Morgan fingerprint density at radius 1 is 0.828 bits per heavy atom. The Balaban J connectivity index is 1.52. The molecule has 1 heterocycles. The van der Waals surface area contributed by atoms with Gasteiger partial charge in [0.1, 0.15) is 10.7 Å². The lowest BCUT2D eigenvalue weighted by atomic mass is 10.1. The van der Waals surface area contributed by atoms with Crippen LogP contribution in [0.5, 0.6) is 0 Å². The maximum atomic E-state index is 12.6. The highest BCUT2D eigenvalue weighted by Crippen LogP contribution is 2.31. The van der Waals surface area contributed by atoms with Gasteiger partial charge in [0.2, 0.25) is 5.91 Å². The van der Waals surface area contributed by atoms with E-state index in [0.717, 1.165) is 32.6 Å². The molecule has 4 rings (SSSR count). The molecule has 0 spiro atoms. The fourth-order valence-corrected chi connectivity index (χ4v) is 4.09. The van der Waals surface area contributed by atoms with Crippen LogP contribution in [0.15, 0.2) is 90.0 Å². The number of carbonyl (C=O) groups is 1. The summed E-state index contributed by atoms with van der Waals surface area (Å²) in [6, 6.07) is 28.1. The molecule has 144 valence electrons. The molecule has 0 saturated carbocycles. The van der Waals surface area contributed by atoms with Crippen molar-refractivity contribution in [2.24, 2.45) is 0 Å². The number of fused-ring (bicyclic) bond motifs is 1. The molecule has 3 aromatic carbocycles. The second-order valence-corrected chi connectivity index (χ2v) is 7.75. The summed E-state index contributed by atoms with van der Waals surface area (Å²) >= 11 is 1.44. The SMILES string of the molecule is CN(Cc1ccccc1)C(=O)CSc1nnc(-c2ccccc2)c2ccccc12. The number of aromatic nitrogens is 2. The third-order valence-electron chi connectivity index (χ3n) is 4.72. The molecular formula is C24H21N3OS. The predicted octanol–water partition coefficient (Wildman–Crippen LogP) is 5.05. The van der Waals surface area contributed by atoms with E-state index < -0.39 is 0 Å². The normalized spacial score (nSPS) is 10.8. The van der Waals surface area contributed by atoms with Crippen LogP contribution in [-0.2, 0) is 11.3 Å². The summed E-state index contributed by atoms with van der Waals surface area (Å²) in [7, 11) is 1.83. The highest BCUT2D eigenvalue weighted by molar-refractivity contribution is 8.00. The largest absolute Gasteiger partial charge is 0.341 e.